The van der Waals surface area contributed by atoms with Crippen LogP contribution in [0.25, 0.3) is 0 Å². The first-order valence-corrected chi connectivity index (χ1v) is 7.41. The Morgan fingerprint density at radius 1 is 1.29 bits per heavy atom. The topological polar surface area (TPSA) is 54.4 Å². The van der Waals surface area contributed by atoms with Crippen molar-refractivity contribution in [3.05, 3.63) is 29.3 Å². The van der Waals surface area contributed by atoms with E-state index in [2.05, 4.69) is 6.92 Å². The Labute approximate surface area is 103 Å². The SMILES string of the molecule is Cc1ccc(S(=O)(=O)O)cc1C1CCCC1C. The van der Waals surface area contributed by atoms with Crippen molar-refractivity contribution in [1.29, 1.82) is 0 Å². The van der Waals surface area contributed by atoms with Gasteiger partial charge in [-0.25, -0.2) is 0 Å². The van der Waals surface area contributed by atoms with Gasteiger partial charge in [0.25, 0.3) is 10.1 Å². The van der Waals surface area contributed by atoms with E-state index in [1.807, 2.05) is 6.92 Å². The number of aryl methyl sites for hydroxylation is 1. The highest BCUT2D eigenvalue weighted by atomic mass is 32.2. The van der Waals surface area contributed by atoms with Gasteiger partial charge in [-0.2, -0.15) is 8.42 Å². The quantitative estimate of drug-likeness (QED) is 0.825. The van der Waals surface area contributed by atoms with Gasteiger partial charge in [0, 0.05) is 0 Å². The zero-order chi connectivity index (χ0) is 12.6. The molecule has 2 atom stereocenters. The molecule has 4 heteroatoms. The molecule has 0 radical (unpaired) electrons. The Kier molecular flexibility index (Phi) is 3.27. The molecule has 0 heterocycles. The molecule has 1 fully saturated rings. The number of hydrogen-bond donors (Lipinski definition) is 1. The molecule has 2 rings (SSSR count). The van der Waals surface area contributed by atoms with Crippen LogP contribution in [0.5, 0.6) is 0 Å². The second-order valence-electron chi connectivity index (χ2n) is 5.01. The van der Waals surface area contributed by atoms with Crippen LogP contribution < -0.4 is 0 Å². The first kappa shape index (κ1) is 12.6. The summed E-state index contributed by atoms with van der Waals surface area (Å²) < 4.78 is 31.4. The first-order chi connectivity index (χ1) is 7.89. The van der Waals surface area contributed by atoms with E-state index < -0.39 is 10.1 Å². The Morgan fingerprint density at radius 3 is 2.53 bits per heavy atom. The molecule has 1 aromatic rings. The molecular weight excluding hydrogens is 236 g/mol. The van der Waals surface area contributed by atoms with Crippen LogP contribution in [-0.2, 0) is 10.1 Å². The van der Waals surface area contributed by atoms with Crippen LogP contribution in [0.4, 0.5) is 0 Å². The van der Waals surface area contributed by atoms with Gasteiger partial charge in [0.1, 0.15) is 0 Å². The monoisotopic (exact) mass is 254 g/mol. The normalized spacial score (nSPS) is 25.1. The molecule has 3 nitrogen and oxygen atoms in total. The summed E-state index contributed by atoms with van der Waals surface area (Å²) in [5.41, 5.74) is 2.18. The van der Waals surface area contributed by atoms with Gasteiger partial charge in [-0.3, -0.25) is 4.55 Å². The van der Waals surface area contributed by atoms with E-state index in [9.17, 15) is 8.42 Å². The summed E-state index contributed by atoms with van der Waals surface area (Å²) in [7, 11) is -4.09. The molecule has 0 spiro atoms. The molecular formula is C13H18O3S. The lowest BCUT2D eigenvalue weighted by Crippen LogP contribution is -2.06. The minimum Gasteiger partial charge on any atom is -0.282 e. The molecule has 0 aliphatic heterocycles. The van der Waals surface area contributed by atoms with Crippen molar-refractivity contribution in [1.82, 2.24) is 0 Å². The molecule has 0 amide bonds. The van der Waals surface area contributed by atoms with Crippen molar-refractivity contribution in [3.8, 4) is 0 Å². The molecule has 1 aliphatic carbocycles. The zero-order valence-corrected chi connectivity index (χ0v) is 11.0. The van der Waals surface area contributed by atoms with Crippen molar-refractivity contribution >= 4 is 10.1 Å². The Bertz CT molecular complexity index is 519. The van der Waals surface area contributed by atoms with Crippen molar-refractivity contribution in [2.24, 2.45) is 5.92 Å². The Balaban J connectivity index is 2.46. The second-order valence-corrected chi connectivity index (χ2v) is 6.43. The zero-order valence-electron chi connectivity index (χ0n) is 10.2. The predicted octanol–water partition coefficient (Wildman–Crippen LogP) is 3.15. The largest absolute Gasteiger partial charge is 0.294 e. The fraction of sp³-hybridized carbons (Fsp3) is 0.538. The third kappa shape index (κ3) is 2.53. The van der Waals surface area contributed by atoms with Crippen LogP contribution in [0.2, 0.25) is 0 Å². The lowest BCUT2D eigenvalue weighted by Gasteiger charge is -2.18. The summed E-state index contributed by atoms with van der Waals surface area (Å²) in [4.78, 5) is 0.0113. The lowest BCUT2D eigenvalue weighted by molar-refractivity contribution is 0.482. The number of rotatable bonds is 2. The summed E-state index contributed by atoms with van der Waals surface area (Å²) in [6, 6.07) is 4.88. The van der Waals surface area contributed by atoms with Gasteiger partial charge < -0.3 is 0 Å². The molecule has 2 unspecified atom stereocenters. The lowest BCUT2D eigenvalue weighted by atomic mass is 9.87. The summed E-state index contributed by atoms with van der Waals surface area (Å²) in [6.07, 6.45) is 3.50. The predicted molar refractivity (Wildman–Crippen MR) is 66.7 cm³/mol. The van der Waals surface area contributed by atoms with E-state index in [1.54, 1.807) is 12.1 Å². The van der Waals surface area contributed by atoms with Gasteiger partial charge in [0.2, 0.25) is 0 Å². The number of benzene rings is 1. The third-order valence-corrected chi connectivity index (χ3v) is 4.66. The molecule has 1 aliphatic rings. The van der Waals surface area contributed by atoms with Gasteiger partial charge in [-0.05, 0) is 48.4 Å². The van der Waals surface area contributed by atoms with Gasteiger partial charge in [0.15, 0.2) is 0 Å². The minimum absolute atomic E-state index is 0.0113. The summed E-state index contributed by atoms with van der Waals surface area (Å²) in [5, 5.41) is 0. The van der Waals surface area contributed by atoms with Crippen LogP contribution >= 0.6 is 0 Å². The maximum absolute atomic E-state index is 11.1. The van der Waals surface area contributed by atoms with Crippen LogP contribution in [-0.4, -0.2) is 13.0 Å². The number of hydrogen-bond acceptors (Lipinski definition) is 2. The smallest absolute Gasteiger partial charge is 0.282 e. The van der Waals surface area contributed by atoms with Gasteiger partial charge in [-0.15, -0.1) is 0 Å². The fourth-order valence-corrected chi connectivity index (χ4v) is 3.30. The summed E-state index contributed by atoms with van der Waals surface area (Å²) in [5.74, 6) is 1.02. The third-order valence-electron chi connectivity index (χ3n) is 3.81. The maximum Gasteiger partial charge on any atom is 0.294 e. The fourth-order valence-electron chi connectivity index (χ4n) is 2.79. The average Bonchev–Trinajstić information content (AvgIpc) is 2.63. The Morgan fingerprint density at radius 2 is 2.00 bits per heavy atom. The van der Waals surface area contributed by atoms with Crippen LogP contribution in [0, 0.1) is 12.8 Å². The Hall–Kier alpha value is -0.870. The van der Waals surface area contributed by atoms with E-state index in [-0.39, 0.29) is 4.90 Å². The molecule has 1 saturated carbocycles. The molecule has 17 heavy (non-hydrogen) atoms. The van der Waals surface area contributed by atoms with E-state index in [1.165, 1.54) is 18.9 Å². The average molecular weight is 254 g/mol. The second kappa shape index (κ2) is 4.42. The first-order valence-electron chi connectivity index (χ1n) is 5.97. The summed E-state index contributed by atoms with van der Waals surface area (Å²) >= 11 is 0. The maximum atomic E-state index is 11.1. The highest BCUT2D eigenvalue weighted by Crippen LogP contribution is 2.40. The van der Waals surface area contributed by atoms with E-state index in [0.29, 0.717) is 11.8 Å². The van der Waals surface area contributed by atoms with Gasteiger partial charge >= 0.3 is 0 Å². The highest BCUT2D eigenvalue weighted by molar-refractivity contribution is 7.85. The van der Waals surface area contributed by atoms with E-state index >= 15 is 0 Å². The molecule has 0 bridgehead atoms. The molecule has 94 valence electrons. The van der Waals surface area contributed by atoms with Gasteiger partial charge in [0.05, 0.1) is 4.90 Å². The van der Waals surface area contributed by atoms with Crippen molar-refractivity contribution in [3.63, 3.8) is 0 Å². The van der Waals surface area contributed by atoms with Crippen molar-refractivity contribution in [2.75, 3.05) is 0 Å². The highest BCUT2D eigenvalue weighted by Gasteiger charge is 2.27. The standard InChI is InChI=1S/C13H18O3S/c1-9-4-3-5-12(9)13-8-11(17(14,15)16)7-6-10(13)2/h6-9,12H,3-5H2,1-2H3,(H,14,15,16). The molecule has 0 aromatic heterocycles. The van der Waals surface area contributed by atoms with Gasteiger partial charge in [-0.1, -0.05) is 25.8 Å². The van der Waals surface area contributed by atoms with Crippen molar-refractivity contribution in [2.45, 2.75) is 43.9 Å². The van der Waals surface area contributed by atoms with E-state index in [0.717, 1.165) is 17.5 Å². The molecule has 1 aromatic carbocycles. The summed E-state index contributed by atoms with van der Waals surface area (Å²) in [6.45, 7) is 4.20. The van der Waals surface area contributed by atoms with Crippen LogP contribution in [0.15, 0.2) is 23.1 Å². The van der Waals surface area contributed by atoms with E-state index in [4.69, 9.17) is 4.55 Å². The molecule has 0 saturated heterocycles. The molecule has 1 N–H and O–H groups in total. The van der Waals surface area contributed by atoms with Crippen molar-refractivity contribution < 1.29 is 13.0 Å². The van der Waals surface area contributed by atoms with Crippen LogP contribution in [0.1, 0.15) is 43.2 Å². The minimum atomic E-state index is -4.09. The van der Waals surface area contributed by atoms with Crippen LogP contribution in [0.3, 0.4) is 0 Å².